The van der Waals surface area contributed by atoms with Gasteiger partial charge in [-0.25, -0.2) is 4.79 Å². The molecule has 0 radical (unpaired) electrons. The van der Waals surface area contributed by atoms with Crippen LogP contribution in [0.5, 0.6) is 0 Å². The van der Waals surface area contributed by atoms with Crippen LogP contribution in [0, 0.1) is 5.92 Å². The fourth-order valence-corrected chi connectivity index (χ4v) is 3.43. The molecule has 1 amide bonds. The topological polar surface area (TPSA) is 44.8 Å². The summed E-state index contributed by atoms with van der Waals surface area (Å²) in [5, 5.41) is 3.70. The molecule has 23 heavy (non-hydrogen) atoms. The van der Waals surface area contributed by atoms with Crippen molar-refractivity contribution in [3.8, 4) is 0 Å². The van der Waals surface area contributed by atoms with Gasteiger partial charge in [0.1, 0.15) is 5.60 Å². The zero-order valence-electron chi connectivity index (χ0n) is 15.4. The van der Waals surface area contributed by atoms with Gasteiger partial charge in [0.05, 0.1) is 0 Å². The van der Waals surface area contributed by atoms with Crippen LogP contribution >= 0.6 is 0 Å². The van der Waals surface area contributed by atoms with Gasteiger partial charge in [-0.05, 0) is 85.5 Å². The van der Waals surface area contributed by atoms with E-state index in [-0.39, 0.29) is 6.09 Å². The molecule has 2 saturated heterocycles. The van der Waals surface area contributed by atoms with Crippen LogP contribution in [0.2, 0.25) is 0 Å². The molecule has 0 spiro atoms. The molecule has 2 fully saturated rings. The van der Waals surface area contributed by atoms with E-state index in [1.807, 2.05) is 25.7 Å². The van der Waals surface area contributed by atoms with E-state index in [1.165, 1.54) is 32.4 Å². The molecule has 1 N–H and O–H groups in total. The molecule has 0 saturated carbocycles. The lowest BCUT2D eigenvalue weighted by Crippen LogP contribution is -2.46. The van der Waals surface area contributed by atoms with Crippen LogP contribution in [0.3, 0.4) is 0 Å². The van der Waals surface area contributed by atoms with Gasteiger partial charge < -0.3 is 19.9 Å². The van der Waals surface area contributed by atoms with Crippen LogP contribution in [0.1, 0.15) is 52.9 Å². The highest BCUT2D eigenvalue weighted by Gasteiger charge is 2.26. The average molecular weight is 325 g/mol. The largest absolute Gasteiger partial charge is 0.444 e. The first-order chi connectivity index (χ1) is 10.8. The first kappa shape index (κ1) is 18.5. The first-order valence-electron chi connectivity index (χ1n) is 9.23. The van der Waals surface area contributed by atoms with E-state index in [4.69, 9.17) is 4.74 Å². The number of carbonyl (C=O) groups excluding carboxylic acids is 1. The Kier molecular flexibility index (Phi) is 6.72. The van der Waals surface area contributed by atoms with Gasteiger partial charge in [-0.1, -0.05) is 0 Å². The SMILES string of the molecule is CN1CCC(CCNC2CCN(C(=O)OC(C)(C)C)CC2)CC1. The van der Waals surface area contributed by atoms with Gasteiger partial charge in [0.15, 0.2) is 0 Å². The Morgan fingerprint density at radius 2 is 1.70 bits per heavy atom. The number of amides is 1. The fourth-order valence-electron chi connectivity index (χ4n) is 3.43. The van der Waals surface area contributed by atoms with Gasteiger partial charge in [-0.15, -0.1) is 0 Å². The highest BCUT2D eigenvalue weighted by atomic mass is 16.6. The summed E-state index contributed by atoms with van der Waals surface area (Å²) in [5.41, 5.74) is -0.403. The predicted molar refractivity (Wildman–Crippen MR) is 93.7 cm³/mol. The second-order valence-corrected chi connectivity index (χ2v) is 8.23. The molecule has 0 aromatic heterocycles. The van der Waals surface area contributed by atoms with Gasteiger partial charge in [-0.3, -0.25) is 0 Å². The Bertz CT molecular complexity index is 365. The lowest BCUT2D eigenvalue weighted by Gasteiger charge is -2.34. The number of piperidine rings is 2. The number of ether oxygens (including phenoxy) is 1. The number of rotatable bonds is 4. The molecule has 0 bridgehead atoms. The maximum atomic E-state index is 12.0. The molecule has 0 aromatic rings. The standard InChI is InChI=1S/C18H35N3O2/c1-18(2,3)23-17(22)21-13-8-16(9-14-21)19-10-5-15-6-11-20(4)12-7-15/h15-16,19H,5-14H2,1-4H3. The summed E-state index contributed by atoms with van der Waals surface area (Å²) < 4.78 is 5.44. The highest BCUT2D eigenvalue weighted by molar-refractivity contribution is 5.68. The molecule has 2 rings (SSSR count). The van der Waals surface area contributed by atoms with Crippen LogP contribution in [-0.4, -0.2) is 67.3 Å². The van der Waals surface area contributed by atoms with Gasteiger partial charge in [0.2, 0.25) is 0 Å². The van der Waals surface area contributed by atoms with Crippen LogP contribution in [0.15, 0.2) is 0 Å². The number of hydrogen-bond donors (Lipinski definition) is 1. The van der Waals surface area contributed by atoms with E-state index in [2.05, 4.69) is 17.3 Å². The Hall–Kier alpha value is -0.810. The number of hydrogen-bond acceptors (Lipinski definition) is 4. The first-order valence-corrected chi connectivity index (χ1v) is 9.23. The molecule has 5 heteroatoms. The third-order valence-electron chi connectivity index (χ3n) is 4.97. The number of carbonyl (C=O) groups is 1. The third kappa shape index (κ3) is 6.68. The minimum absolute atomic E-state index is 0.165. The zero-order valence-corrected chi connectivity index (χ0v) is 15.4. The Morgan fingerprint density at radius 1 is 1.09 bits per heavy atom. The number of nitrogens with one attached hydrogen (secondary N) is 1. The van der Waals surface area contributed by atoms with Crippen LogP contribution < -0.4 is 5.32 Å². The van der Waals surface area contributed by atoms with Gasteiger partial charge in [0, 0.05) is 19.1 Å². The monoisotopic (exact) mass is 325 g/mol. The molecular weight excluding hydrogens is 290 g/mol. The molecule has 2 aliphatic rings. The van der Waals surface area contributed by atoms with E-state index >= 15 is 0 Å². The van der Waals surface area contributed by atoms with E-state index in [9.17, 15) is 4.79 Å². The number of likely N-dealkylation sites (tertiary alicyclic amines) is 2. The van der Waals surface area contributed by atoms with Crippen LogP contribution in [-0.2, 0) is 4.74 Å². The lowest BCUT2D eigenvalue weighted by molar-refractivity contribution is 0.0198. The van der Waals surface area contributed by atoms with Crippen molar-refractivity contribution >= 4 is 6.09 Å². The van der Waals surface area contributed by atoms with Crippen molar-refractivity contribution in [3.63, 3.8) is 0 Å². The van der Waals surface area contributed by atoms with E-state index in [0.29, 0.717) is 6.04 Å². The average Bonchev–Trinajstić information content (AvgIpc) is 2.48. The third-order valence-corrected chi connectivity index (χ3v) is 4.97. The summed E-state index contributed by atoms with van der Waals surface area (Å²) in [6, 6.07) is 0.556. The molecule has 2 aliphatic heterocycles. The maximum Gasteiger partial charge on any atom is 0.410 e. The summed E-state index contributed by atoms with van der Waals surface area (Å²) in [6.45, 7) is 11.0. The van der Waals surface area contributed by atoms with Gasteiger partial charge in [-0.2, -0.15) is 0 Å². The predicted octanol–water partition coefficient (Wildman–Crippen LogP) is 2.71. The second-order valence-electron chi connectivity index (χ2n) is 8.23. The van der Waals surface area contributed by atoms with Crippen molar-refractivity contribution in [2.75, 3.05) is 39.8 Å². The molecule has 134 valence electrons. The van der Waals surface area contributed by atoms with Gasteiger partial charge in [0.25, 0.3) is 0 Å². The normalized spacial score (nSPS) is 22.3. The smallest absolute Gasteiger partial charge is 0.410 e. The molecule has 2 heterocycles. The van der Waals surface area contributed by atoms with Crippen molar-refractivity contribution < 1.29 is 9.53 Å². The molecule has 0 atom stereocenters. The zero-order chi connectivity index (χ0) is 16.9. The Labute approximate surface area is 141 Å². The van der Waals surface area contributed by atoms with E-state index in [1.54, 1.807) is 0 Å². The molecule has 0 aliphatic carbocycles. The Morgan fingerprint density at radius 3 is 2.26 bits per heavy atom. The summed E-state index contributed by atoms with van der Waals surface area (Å²) >= 11 is 0. The minimum atomic E-state index is -0.403. The highest BCUT2D eigenvalue weighted by Crippen LogP contribution is 2.19. The molecular formula is C18H35N3O2. The van der Waals surface area contributed by atoms with Crippen LogP contribution in [0.4, 0.5) is 4.79 Å². The van der Waals surface area contributed by atoms with Crippen molar-refractivity contribution in [1.82, 2.24) is 15.1 Å². The summed E-state index contributed by atoms with van der Waals surface area (Å²) in [6.07, 6.45) is 5.88. The van der Waals surface area contributed by atoms with E-state index in [0.717, 1.165) is 38.4 Å². The minimum Gasteiger partial charge on any atom is -0.444 e. The second kappa shape index (κ2) is 8.34. The summed E-state index contributed by atoms with van der Waals surface area (Å²) in [5.74, 6) is 0.889. The quantitative estimate of drug-likeness (QED) is 0.863. The Balaban J connectivity index is 1.59. The van der Waals surface area contributed by atoms with Crippen LogP contribution in [0.25, 0.3) is 0 Å². The van der Waals surface area contributed by atoms with Crippen molar-refractivity contribution in [2.45, 2.75) is 64.5 Å². The molecule has 0 aromatic carbocycles. The van der Waals surface area contributed by atoms with E-state index < -0.39 is 5.60 Å². The maximum absolute atomic E-state index is 12.0. The van der Waals surface area contributed by atoms with Crippen molar-refractivity contribution in [3.05, 3.63) is 0 Å². The molecule has 5 nitrogen and oxygen atoms in total. The summed E-state index contributed by atoms with van der Waals surface area (Å²) in [4.78, 5) is 16.3. The van der Waals surface area contributed by atoms with Crippen molar-refractivity contribution in [1.29, 1.82) is 0 Å². The van der Waals surface area contributed by atoms with Crippen molar-refractivity contribution in [2.24, 2.45) is 5.92 Å². The molecule has 0 unspecified atom stereocenters. The number of nitrogens with zero attached hydrogens (tertiary/aromatic N) is 2. The fraction of sp³-hybridized carbons (Fsp3) is 0.944. The van der Waals surface area contributed by atoms with Gasteiger partial charge >= 0.3 is 6.09 Å². The summed E-state index contributed by atoms with van der Waals surface area (Å²) in [7, 11) is 2.22. The lowest BCUT2D eigenvalue weighted by atomic mass is 9.93.